The second-order valence-corrected chi connectivity index (χ2v) is 6.39. The van der Waals surface area contributed by atoms with Crippen LogP contribution >= 0.6 is 27.5 Å². The minimum absolute atomic E-state index is 0.158. The molecule has 0 fully saturated rings. The first-order valence-electron chi connectivity index (χ1n) is 7.02. The Balaban J connectivity index is 2.22. The van der Waals surface area contributed by atoms with Gasteiger partial charge < -0.3 is 5.32 Å². The van der Waals surface area contributed by atoms with Gasteiger partial charge in [0, 0.05) is 15.5 Å². The van der Waals surface area contributed by atoms with Gasteiger partial charge >= 0.3 is 0 Å². The molecule has 2 rings (SSSR count). The number of benzene rings is 2. The van der Waals surface area contributed by atoms with Crippen molar-refractivity contribution in [2.24, 2.45) is 0 Å². The van der Waals surface area contributed by atoms with Crippen LogP contribution < -0.4 is 5.32 Å². The molecule has 0 aromatic heterocycles. The highest BCUT2D eigenvalue weighted by molar-refractivity contribution is 9.10. The normalized spacial score (nSPS) is 12.4. The summed E-state index contributed by atoms with van der Waals surface area (Å²) in [6.45, 7) is 3.06. The van der Waals surface area contributed by atoms with Crippen LogP contribution in [0.5, 0.6) is 0 Å². The number of rotatable bonds is 6. The second-order valence-electron chi connectivity index (χ2n) is 5.04. The molecule has 0 heterocycles. The molecular formula is C17H18BrClFN. The first-order valence-corrected chi connectivity index (χ1v) is 8.19. The van der Waals surface area contributed by atoms with Gasteiger partial charge in [0.2, 0.25) is 0 Å². The third kappa shape index (κ3) is 5.10. The molecule has 0 aliphatic rings. The summed E-state index contributed by atoms with van der Waals surface area (Å²) in [6, 6.07) is 12.7. The van der Waals surface area contributed by atoms with Crippen molar-refractivity contribution < 1.29 is 4.39 Å². The summed E-state index contributed by atoms with van der Waals surface area (Å²) in [4.78, 5) is 0. The van der Waals surface area contributed by atoms with Gasteiger partial charge in [0.25, 0.3) is 0 Å². The van der Waals surface area contributed by atoms with Crippen molar-refractivity contribution >= 4 is 27.5 Å². The molecule has 1 nitrogen and oxygen atoms in total. The maximum absolute atomic E-state index is 13.0. The molecule has 0 amide bonds. The van der Waals surface area contributed by atoms with Crippen LogP contribution in [-0.2, 0) is 6.42 Å². The van der Waals surface area contributed by atoms with Gasteiger partial charge in [-0.2, -0.15) is 0 Å². The Hall–Kier alpha value is -0.900. The molecule has 2 aromatic carbocycles. The lowest BCUT2D eigenvalue weighted by molar-refractivity contribution is 0.528. The molecule has 0 saturated heterocycles. The van der Waals surface area contributed by atoms with Crippen LogP contribution in [-0.4, -0.2) is 6.54 Å². The number of nitrogens with one attached hydrogen (secondary N) is 1. The maximum Gasteiger partial charge on any atom is 0.123 e. The van der Waals surface area contributed by atoms with E-state index < -0.39 is 0 Å². The second kappa shape index (κ2) is 7.92. The van der Waals surface area contributed by atoms with Gasteiger partial charge in [-0.05, 0) is 60.8 Å². The highest BCUT2D eigenvalue weighted by Gasteiger charge is 2.13. The Labute approximate surface area is 138 Å². The van der Waals surface area contributed by atoms with Crippen LogP contribution in [0.1, 0.15) is 30.5 Å². The Morgan fingerprint density at radius 2 is 1.90 bits per heavy atom. The molecule has 0 saturated carbocycles. The Kier molecular flexibility index (Phi) is 6.22. The van der Waals surface area contributed by atoms with E-state index in [1.807, 2.05) is 24.3 Å². The van der Waals surface area contributed by atoms with Gasteiger partial charge in [0.05, 0.1) is 0 Å². The summed E-state index contributed by atoms with van der Waals surface area (Å²) >= 11 is 9.63. The average molecular weight is 371 g/mol. The monoisotopic (exact) mass is 369 g/mol. The standard InChI is InChI=1S/C17H18BrClFN/c1-2-7-21-17(8-12-3-5-16(20)6-4-12)13-9-14(18)11-15(19)10-13/h3-6,9-11,17,21H,2,7-8H2,1H3. The predicted molar refractivity (Wildman–Crippen MR) is 90.3 cm³/mol. The molecule has 2 aromatic rings. The molecule has 0 aliphatic carbocycles. The summed E-state index contributed by atoms with van der Waals surface area (Å²) in [6.07, 6.45) is 1.86. The Morgan fingerprint density at radius 3 is 2.52 bits per heavy atom. The van der Waals surface area contributed by atoms with Gasteiger partial charge in [0.1, 0.15) is 5.82 Å². The highest BCUT2D eigenvalue weighted by atomic mass is 79.9. The average Bonchev–Trinajstić information content (AvgIpc) is 2.44. The fraction of sp³-hybridized carbons (Fsp3) is 0.294. The maximum atomic E-state index is 13.0. The lowest BCUT2D eigenvalue weighted by Gasteiger charge is -2.20. The van der Waals surface area contributed by atoms with E-state index in [-0.39, 0.29) is 11.9 Å². The molecule has 0 radical (unpaired) electrons. The van der Waals surface area contributed by atoms with Crippen molar-refractivity contribution in [1.82, 2.24) is 5.32 Å². The Morgan fingerprint density at radius 1 is 1.19 bits per heavy atom. The van der Waals surface area contributed by atoms with Crippen LogP contribution in [0.2, 0.25) is 5.02 Å². The molecular weight excluding hydrogens is 353 g/mol. The minimum atomic E-state index is -0.206. The quantitative estimate of drug-likeness (QED) is 0.705. The molecule has 0 spiro atoms. The van der Waals surface area contributed by atoms with Crippen molar-refractivity contribution in [2.45, 2.75) is 25.8 Å². The van der Waals surface area contributed by atoms with Crippen LogP contribution in [0.3, 0.4) is 0 Å². The van der Waals surface area contributed by atoms with Gasteiger partial charge in [0.15, 0.2) is 0 Å². The summed E-state index contributed by atoms with van der Waals surface area (Å²) < 4.78 is 14.0. The van der Waals surface area contributed by atoms with Crippen molar-refractivity contribution in [3.63, 3.8) is 0 Å². The van der Waals surface area contributed by atoms with E-state index in [0.29, 0.717) is 5.02 Å². The zero-order valence-corrected chi connectivity index (χ0v) is 14.2. The van der Waals surface area contributed by atoms with Crippen molar-refractivity contribution in [1.29, 1.82) is 0 Å². The fourth-order valence-corrected chi connectivity index (χ4v) is 3.15. The molecule has 21 heavy (non-hydrogen) atoms. The minimum Gasteiger partial charge on any atom is -0.310 e. The van der Waals surface area contributed by atoms with Crippen LogP contribution in [0.25, 0.3) is 0 Å². The van der Waals surface area contributed by atoms with Crippen molar-refractivity contribution in [2.75, 3.05) is 6.54 Å². The predicted octanol–water partition coefficient (Wildman–Crippen LogP) is 5.53. The number of halogens is 3. The van der Waals surface area contributed by atoms with E-state index in [2.05, 4.69) is 34.2 Å². The third-order valence-corrected chi connectivity index (χ3v) is 3.96. The lowest BCUT2D eigenvalue weighted by Crippen LogP contribution is -2.24. The van der Waals surface area contributed by atoms with Gasteiger partial charge in [-0.15, -0.1) is 0 Å². The summed E-state index contributed by atoms with van der Waals surface area (Å²) in [5, 5.41) is 4.24. The molecule has 4 heteroatoms. The summed E-state index contributed by atoms with van der Waals surface area (Å²) in [5.41, 5.74) is 2.23. The van der Waals surface area contributed by atoms with E-state index in [9.17, 15) is 4.39 Å². The number of hydrogen-bond donors (Lipinski definition) is 1. The van der Waals surface area contributed by atoms with E-state index in [1.165, 1.54) is 12.1 Å². The van der Waals surface area contributed by atoms with E-state index >= 15 is 0 Å². The van der Waals surface area contributed by atoms with Gasteiger partial charge in [-0.25, -0.2) is 4.39 Å². The fourth-order valence-electron chi connectivity index (χ4n) is 2.26. The van der Waals surface area contributed by atoms with Gasteiger partial charge in [-0.3, -0.25) is 0 Å². The van der Waals surface area contributed by atoms with Crippen molar-refractivity contribution in [3.8, 4) is 0 Å². The zero-order chi connectivity index (χ0) is 15.2. The molecule has 0 aliphatic heterocycles. The molecule has 1 atom stereocenters. The van der Waals surface area contributed by atoms with Crippen molar-refractivity contribution in [3.05, 3.63) is 68.9 Å². The molecule has 0 bridgehead atoms. The Bertz CT molecular complexity index is 566. The molecule has 1 unspecified atom stereocenters. The smallest absolute Gasteiger partial charge is 0.123 e. The first-order chi connectivity index (χ1) is 10.1. The van der Waals surface area contributed by atoms with Gasteiger partial charge in [-0.1, -0.05) is 46.6 Å². The van der Waals surface area contributed by atoms with E-state index in [1.54, 1.807) is 0 Å². The first kappa shape index (κ1) is 16.5. The highest BCUT2D eigenvalue weighted by Crippen LogP contribution is 2.26. The topological polar surface area (TPSA) is 12.0 Å². The van der Waals surface area contributed by atoms with Crippen LogP contribution in [0.15, 0.2) is 46.9 Å². The molecule has 1 N–H and O–H groups in total. The molecule has 112 valence electrons. The SMILES string of the molecule is CCCNC(Cc1ccc(F)cc1)c1cc(Cl)cc(Br)c1. The van der Waals surface area contributed by atoms with Crippen LogP contribution in [0, 0.1) is 5.82 Å². The summed E-state index contributed by atoms with van der Waals surface area (Å²) in [5.74, 6) is -0.206. The largest absolute Gasteiger partial charge is 0.310 e. The number of hydrogen-bond acceptors (Lipinski definition) is 1. The van der Waals surface area contributed by atoms with Crippen LogP contribution in [0.4, 0.5) is 4.39 Å². The zero-order valence-electron chi connectivity index (χ0n) is 11.9. The third-order valence-electron chi connectivity index (χ3n) is 3.28. The van der Waals surface area contributed by atoms with E-state index in [4.69, 9.17) is 11.6 Å². The van der Waals surface area contributed by atoms with E-state index in [0.717, 1.165) is 35.0 Å². The lowest BCUT2D eigenvalue weighted by atomic mass is 9.98. The summed E-state index contributed by atoms with van der Waals surface area (Å²) in [7, 11) is 0.